The minimum Gasteiger partial charge on any atom is -0.321 e. The molecule has 0 bridgehead atoms. The summed E-state index contributed by atoms with van der Waals surface area (Å²) in [4.78, 5) is 17.2. The predicted octanol–water partition coefficient (Wildman–Crippen LogP) is 6.71. The second-order valence-electron chi connectivity index (χ2n) is 6.26. The molecule has 0 aromatic heterocycles. The van der Waals surface area contributed by atoms with Crippen LogP contribution in [0.2, 0.25) is 0 Å². The van der Waals surface area contributed by atoms with Crippen molar-refractivity contribution in [3.8, 4) is 0 Å². The summed E-state index contributed by atoms with van der Waals surface area (Å²) >= 11 is 3.38. The van der Waals surface area contributed by atoms with Gasteiger partial charge >= 0.3 is 0 Å². The highest BCUT2D eigenvalue weighted by Crippen LogP contribution is 2.46. The van der Waals surface area contributed by atoms with E-state index >= 15 is 0 Å². The summed E-state index contributed by atoms with van der Waals surface area (Å²) in [5, 5.41) is 5.17. The van der Waals surface area contributed by atoms with E-state index in [4.69, 9.17) is 0 Å². The largest absolute Gasteiger partial charge is 0.321 e. The molecule has 1 N–H and O–H groups in total. The van der Waals surface area contributed by atoms with Crippen molar-refractivity contribution in [2.45, 2.75) is 19.6 Å². The molecule has 0 aliphatic carbocycles. The first-order chi connectivity index (χ1) is 13.3. The summed E-state index contributed by atoms with van der Waals surface area (Å²) in [6.45, 7) is 0. The minimum atomic E-state index is -0.0177. The highest BCUT2D eigenvalue weighted by Gasteiger charge is 2.27. The number of anilines is 1. The van der Waals surface area contributed by atoms with Crippen LogP contribution in [0.1, 0.15) is 10.4 Å². The van der Waals surface area contributed by atoms with Crippen LogP contribution in [-0.4, -0.2) is 5.91 Å². The van der Waals surface area contributed by atoms with Gasteiger partial charge in [0, 0.05) is 30.7 Å². The fourth-order valence-corrected chi connectivity index (χ4v) is 5.43. The molecule has 0 saturated carbocycles. The zero-order valence-corrected chi connectivity index (χ0v) is 15.9. The number of nitrogens with one attached hydrogen (secondary N) is 1. The maximum atomic E-state index is 12.7. The lowest BCUT2D eigenvalue weighted by Crippen LogP contribution is -2.05. The lowest BCUT2D eigenvalue weighted by molar-refractivity contribution is 0.102. The molecule has 4 aromatic rings. The molecule has 1 heterocycles. The van der Waals surface area contributed by atoms with E-state index in [1.54, 1.807) is 23.5 Å². The molecule has 0 fully saturated rings. The van der Waals surface area contributed by atoms with Crippen LogP contribution in [0.25, 0.3) is 10.8 Å². The van der Waals surface area contributed by atoms with Crippen LogP contribution in [0.5, 0.6) is 0 Å². The van der Waals surface area contributed by atoms with Crippen molar-refractivity contribution >= 4 is 45.9 Å². The van der Waals surface area contributed by atoms with Crippen molar-refractivity contribution in [2.24, 2.45) is 0 Å². The quantitative estimate of drug-likeness (QED) is 0.423. The first kappa shape index (κ1) is 16.5. The zero-order chi connectivity index (χ0) is 18.2. The van der Waals surface area contributed by atoms with Crippen molar-refractivity contribution in [1.29, 1.82) is 0 Å². The Labute approximate surface area is 166 Å². The van der Waals surface area contributed by atoms with Gasteiger partial charge in [0.25, 0.3) is 5.91 Å². The third kappa shape index (κ3) is 3.01. The number of hydrogen-bond acceptors (Lipinski definition) is 3. The van der Waals surface area contributed by atoms with Crippen LogP contribution < -0.4 is 5.32 Å². The standard InChI is InChI=1S/C23H15NOS2/c25-23-22-20(27-16-10-5-2-6-11-16)14-19(26-15-8-3-1-4-9-15)17-12-7-13-18(24-23)21(17)22/h1-14H,(H,24,25). The molecule has 1 aliphatic heterocycles. The van der Waals surface area contributed by atoms with Gasteiger partial charge in [0.15, 0.2) is 0 Å². The van der Waals surface area contributed by atoms with E-state index in [1.165, 1.54) is 4.90 Å². The van der Waals surface area contributed by atoms with Gasteiger partial charge in [-0.05, 0) is 41.8 Å². The number of amides is 1. The Morgan fingerprint density at radius 3 is 1.96 bits per heavy atom. The molecule has 0 atom stereocenters. The molecule has 4 aromatic carbocycles. The van der Waals surface area contributed by atoms with Crippen LogP contribution in [0.4, 0.5) is 5.69 Å². The Morgan fingerprint density at radius 1 is 0.667 bits per heavy atom. The monoisotopic (exact) mass is 385 g/mol. The van der Waals surface area contributed by atoms with E-state index in [1.807, 2.05) is 48.5 Å². The van der Waals surface area contributed by atoms with Crippen molar-refractivity contribution in [3.63, 3.8) is 0 Å². The van der Waals surface area contributed by atoms with E-state index in [0.717, 1.165) is 36.7 Å². The highest BCUT2D eigenvalue weighted by molar-refractivity contribution is 8.00. The molecule has 1 amide bonds. The third-order valence-electron chi connectivity index (χ3n) is 4.51. The molecule has 2 nitrogen and oxygen atoms in total. The second kappa shape index (κ2) is 6.80. The third-order valence-corrected chi connectivity index (χ3v) is 6.62. The number of rotatable bonds is 4. The normalized spacial score (nSPS) is 12.4. The van der Waals surface area contributed by atoms with Gasteiger partial charge in [-0.25, -0.2) is 0 Å². The van der Waals surface area contributed by atoms with Crippen LogP contribution in [0.3, 0.4) is 0 Å². The van der Waals surface area contributed by atoms with Gasteiger partial charge in [-0.15, -0.1) is 0 Å². The number of carbonyl (C=O) groups is 1. The zero-order valence-electron chi connectivity index (χ0n) is 14.3. The van der Waals surface area contributed by atoms with E-state index < -0.39 is 0 Å². The number of carbonyl (C=O) groups excluding carboxylic acids is 1. The fraction of sp³-hybridized carbons (Fsp3) is 0. The van der Waals surface area contributed by atoms with Crippen LogP contribution in [0.15, 0.2) is 105 Å². The Kier molecular flexibility index (Phi) is 4.15. The average molecular weight is 386 g/mol. The van der Waals surface area contributed by atoms with Gasteiger partial charge in [-0.2, -0.15) is 0 Å². The van der Waals surface area contributed by atoms with Gasteiger partial charge < -0.3 is 5.32 Å². The molecule has 0 saturated heterocycles. The first-order valence-corrected chi connectivity index (χ1v) is 10.3. The summed E-state index contributed by atoms with van der Waals surface area (Å²) < 4.78 is 0. The van der Waals surface area contributed by atoms with Gasteiger partial charge in [0.2, 0.25) is 0 Å². The highest BCUT2D eigenvalue weighted by atomic mass is 32.2. The topological polar surface area (TPSA) is 29.1 Å². The van der Waals surface area contributed by atoms with Crippen LogP contribution >= 0.6 is 23.5 Å². The summed E-state index contributed by atoms with van der Waals surface area (Å²) in [6.07, 6.45) is 0. The van der Waals surface area contributed by atoms with Gasteiger partial charge in [-0.1, -0.05) is 72.1 Å². The molecule has 27 heavy (non-hydrogen) atoms. The Hall–Kier alpha value is -2.69. The number of benzene rings is 4. The molecule has 130 valence electrons. The van der Waals surface area contributed by atoms with Gasteiger partial charge in [0.1, 0.15) is 0 Å². The van der Waals surface area contributed by atoms with E-state index in [0.29, 0.717) is 0 Å². The minimum absolute atomic E-state index is 0.0177. The van der Waals surface area contributed by atoms with Crippen LogP contribution in [0, 0.1) is 0 Å². The summed E-state index contributed by atoms with van der Waals surface area (Å²) in [5.74, 6) is -0.0177. The SMILES string of the molecule is O=C1Nc2cccc3c(Sc4ccccc4)cc(Sc4ccccc4)c1c23. The van der Waals surface area contributed by atoms with E-state index in [2.05, 4.69) is 41.7 Å². The van der Waals surface area contributed by atoms with E-state index in [-0.39, 0.29) is 5.91 Å². The molecule has 0 radical (unpaired) electrons. The smallest absolute Gasteiger partial charge is 0.257 e. The lowest BCUT2D eigenvalue weighted by Gasteiger charge is -2.12. The first-order valence-electron chi connectivity index (χ1n) is 8.66. The lowest BCUT2D eigenvalue weighted by atomic mass is 10.1. The van der Waals surface area contributed by atoms with Gasteiger partial charge in [-0.3, -0.25) is 4.79 Å². The average Bonchev–Trinajstić information content (AvgIpc) is 3.04. The molecular formula is C23H15NOS2. The fourth-order valence-electron chi connectivity index (χ4n) is 3.33. The summed E-state index contributed by atoms with van der Waals surface area (Å²) in [5.41, 5.74) is 1.68. The van der Waals surface area contributed by atoms with E-state index in [9.17, 15) is 4.79 Å². The molecule has 4 heteroatoms. The van der Waals surface area contributed by atoms with Crippen LogP contribution in [-0.2, 0) is 0 Å². The van der Waals surface area contributed by atoms with Gasteiger partial charge in [0.05, 0.1) is 5.56 Å². The van der Waals surface area contributed by atoms with Crippen molar-refractivity contribution in [1.82, 2.24) is 0 Å². The number of hydrogen-bond donors (Lipinski definition) is 1. The molecule has 1 aliphatic rings. The maximum absolute atomic E-state index is 12.7. The van der Waals surface area contributed by atoms with Crippen molar-refractivity contribution in [2.75, 3.05) is 5.32 Å². The molecule has 5 rings (SSSR count). The van der Waals surface area contributed by atoms with Crippen molar-refractivity contribution < 1.29 is 4.79 Å². The summed E-state index contributed by atoms with van der Waals surface area (Å²) in [7, 11) is 0. The predicted molar refractivity (Wildman–Crippen MR) is 113 cm³/mol. The Bertz CT molecular complexity index is 1160. The van der Waals surface area contributed by atoms with Crippen molar-refractivity contribution in [3.05, 3.63) is 90.5 Å². The summed E-state index contributed by atoms with van der Waals surface area (Å²) in [6, 6.07) is 28.8. The Balaban J connectivity index is 1.71. The molecule has 0 spiro atoms. The Morgan fingerprint density at radius 2 is 1.30 bits per heavy atom. The molecule has 0 unspecified atom stereocenters. The second-order valence-corrected chi connectivity index (χ2v) is 8.49. The molecular weight excluding hydrogens is 370 g/mol. The maximum Gasteiger partial charge on any atom is 0.257 e.